The number of aromatic nitrogens is 1. The minimum absolute atomic E-state index is 0. The van der Waals surface area contributed by atoms with E-state index in [4.69, 9.17) is 14.5 Å². The number of fused-ring (bicyclic) bond motifs is 5. The van der Waals surface area contributed by atoms with Crippen LogP contribution >= 0.6 is 81.0 Å². The second-order valence-electron chi connectivity index (χ2n) is 19.7. The first-order valence-electron chi connectivity index (χ1n) is 23.7. The second-order valence-corrected chi connectivity index (χ2v) is 19.7. The number of hydrogen-bond acceptors (Lipinski definition) is 8. The molecule has 3 aromatic carbocycles. The number of halogens is 2. The van der Waals surface area contributed by atoms with Crippen LogP contribution in [0.5, 0.6) is 0 Å². The SMILES string of the molecule is COC(=O)C[C@H](C(=O)N1CCC[C@H]1C1=NC=C(c2ccc3c(c2)C(F)(F)c2cc(-c4ccc5c(=O)cc([C@@H]6C[C@@H]7CCCC[C@@H]7N6C(=O)[C@@H](NC(=O)OC)C(C)C)[nH]c5c4)ccc2-3)C1)C(C)C.S.S.S.S.S.S. The molecular weight excluding hydrogens is 1050 g/mol. The third kappa shape index (κ3) is 12.0. The summed E-state index contributed by atoms with van der Waals surface area (Å²) in [5.74, 6) is -4.57. The molecule has 6 atom stereocenters. The van der Waals surface area contributed by atoms with Crippen LogP contribution in [-0.2, 0) is 29.8 Å². The van der Waals surface area contributed by atoms with Gasteiger partial charge in [0.25, 0.3) is 5.92 Å². The zero-order valence-electron chi connectivity index (χ0n) is 42.0. The van der Waals surface area contributed by atoms with E-state index in [1.165, 1.54) is 20.3 Å². The van der Waals surface area contributed by atoms with Crippen molar-refractivity contribution >= 4 is 127 Å². The Balaban J connectivity index is 0.00000234. The fraction of sp³-hybridized carbons (Fsp3) is 0.472. The molecule has 2 aliphatic carbocycles. The van der Waals surface area contributed by atoms with Crippen LogP contribution in [0.2, 0.25) is 0 Å². The number of ether oxygens (including phenoxy) is 2. The van der Waals surface area contributed by atoms with Crippen LogP contribution in [0.3, 0.4) is 0 Å². The number of H-pyrrole nitrogens is 1. The number of carbonyl (C=O) groups excluding carboxylic acids is 4. The smallest absolute Gasteiger partial charge is 0.407 e. The lowest BCUT2D eigenvalue weighted by Gasteiger charge is -2.37. The molecule has 12 nitrogen and oxygen atoms in total. The van der Waals surface area contributed by atoms with E-state index in [0.29, 0.717) is 63.8 Å². The third-order valence-corrected chi connectivity index (χ3v) is 15.1. The molecule has 1 saturated carbocycles. The summed E-state index contributed by atoms with van der Waals surface area (Å²) in [5.41, 5.74) is 5.10. The van der Waals surface area contributed by atoms with Crippen LogP contribution < -0.4 is 10.7 Å². The highest BCUT2D eigenvalue weighted by Crippen LogP contribution is 2.53. The van der Waals surface area contributed by atoms with E-state index in [1.807, 2.05) is 55.7 Å². The number of alkyl halides is 2. The van der Waals surface area contributed by atoms with E-state index < -0.39 is 36.0 Å². The number of rotatable bonds is 11. The molecule has 3 amide bonds. The van der Waals surface area contributed by atoms with Crippen LogP contribution in [0.25, 0.3) is 38.7 Å². The van der Waals surface area contributed by atoms with E-state index in [0.717, 1.165) is 49.8 Å². The van der Waals surface area contributed by atoms with Crippen LogP contribution in [0.4, 0.5) is 13.6 Å². The Kier molecular flexibility index (Phi) is 22.2. The molecule has 9 rings (SSSR count). The molecule has 0 spiro atoms. The number of methoxy groups -OCH3 is 2. The number of nitrogens with one attached hydrogen (secondary N) is 2. The summed E-state index contributed by atoms with van der Waals surface area (Å²) in [6, 6.07) is 15.6. The number of likely N-dealkylation sites (tertiary alicyclic amines) is 2. The molecule has 1 aromatic heterocycles. The Morgan fingerprint density at radius 1 is 0.767 bits per heavy atom. The van der Waals surface area contributed by atoms with Gasteiger partial charge in [0, 0.05) is 59.2 Å². The summed E-state index contributed by atoms with van der Waals surface area (Å²) in [5, 5.41) is 3.18. The maximum absolute atomic E-state index is 16.7. The molecule has 0 radical (unpaired) electrons. The van der Waals surface area contributed by atoms with Crippen molar-refractivity contribution in [2.75, 3.05) is 20.8 Å². The largest absolute Gasteiger partial charge is 0.469 e. The number of esters is 1. The van der Waals surface area contributed by atoms with Gasteiger partial charge in [-0.15, -0.1) is 0 Å². The molecule has 2 N–H and O–H groups in total. The molecule has 0 unspecified atom stereocenters. The Bertz CT molecular complexity index is 2810. The van der Waals surface area contributed by atoms with Gasteiger partial charge in [0.05, 0.1) is 44.2 Å². The molecule has 2 saturated heterocycles. The molecule has 4 aromatic rings. The molecule has 0 bridgehead atoms. The summed E-state index contributed by atoms with van der Waals surface area (Å²) in [6.07, 6.45) is 7.53. The fourth-order valence-corrected chi connectivity index (χ4v) is 11.4. The van der Waals surface area contributed by atoms with Gasteiger partial charge in [-0.25, -0.2) is 4.79 Å². The Morgan fingerprint density at radius 2 is 1.40 bits per heavy atom. The predicted octanol–water partition coefficient (Wildman–Crippen LogP) is 10.2. The van der Waals surface area contributed by atoms with Crippen molar-refractivity contribution in [2.45, 2.75) is 116 Å². The number of nitrogens with zero attached hydrogens (tertiary/aromatic N) is 3. The van der Waals surface area contributed by atoms with Crippen LogP contribution in [0, 0.1) is 23.7 Å². The van der Waals surface area contributed by atoms with E-state index in [2.05, 4.69) is 10.3 Å². The van der Waals surface area contributed by atoms with Crippen molar-refractivity contribution < 1.29 is 37.4 Å². The summed E-state index contributed by atoms with van der Waals surface area (Å²) in [6.45, 7) is 8.16. The summed E-state index contributed by atoms with van der Waals surface area (Å²) in [7, 11) is 2.59. The molecule has 4 heterocycles. The summed E-state index contributed by atoms with van der Waals surface area (Å²) in [4.78, 5) is 78.4. The number of benzene rings is 3. The van der Waals surface area contributed by atoms with E-state index in [1.54, 1.807) is 42.6 Å². The normalized spacial score (nSPS) is 20.7. The highest BCUT2D eigenvalue weighted by molar-refractivity contribution is 7.60. The predicted molar refractivity (Wildman–Crippen MR) is 315 cm³/mol. The maximum Gasteiger partial charge on any atom is 0.407 e. The molecule has 3 fully saturated rings. The van der Waals surface area contributed by atoms with E-state index in [9.17, 15) is 24.0 Å². The first-order chi connectivity index (χ1) is 32.1. The first-order valence-corrected chi connectivity index (χ1v) is 23.7. The van der Waals surface area contributed by atoms with Crippen molar-refractivity contribution in [3.63, 3.8) is 0 Å². The molecule has 20 heteroatoms. The van der Waals surface area contributed by atoms with Gasteiger partial charge < -0.3 is 29.6 Å². The Morgan fingerprint density at radius 3 is 2.04 bits per heavy atom. The van der Waals surface area contributed by atoms with Crippen molar-refractivity contribution in [1.82, 2.24) is 20.1 Å². The number of amides is 3. The lowest BCUT2D eigenvalue weighted by atomic mass is 9.84. The molecule has 400 valence electrons. The highest BCUT2D eigenvalue weighted by Gasteiger charge is 2.48. The summed E-state index contributed by atoms with van der Waals surface area (Å²) < 4.78 is 43.2. The van der Waals surface area contributed by atoms with Crippen molar-refractivity contribution in [3.8, 4) is 22.3 Å². The van der Waals surface area contributed by atoms with Crippen molar-refractivity contribution in [3.05, 3.63) is 99.5 Å². The average Bonchev–Trinajstić information content (AvgIpc) is 4.13. The van der Waals surface area contributed by atoms with Crippen LogP contribution in [0.15, 0.2) is 76.7 Å². The standard InChI is InChI=1S/C53H59F2N5O7.6H2S/c1-28(2)38(25-48(62)66-5)50(63)59-19-9-12-45(59)42-23-34(27-56-42)31-14-17-36-35-16-13-30(20-39(35)53(54,55)40(36)21-31)32-15-18-37-41(22-32)57-43(26-47(37)61)46-24-33-10-7-8-11-44(33)60(46)51(64)49(29(3)4)58-52(65)67-6;;;;;;/h13-18,20-22,26-29,33,38,44-46,49H,7-12,19,23-25H2,1-6H3,(H,57,61)(H,58,65);6*1H2/t33-,38-,44-,45-,46-,49-;;;;;;/m0....../s1. The minimum Gasteiger partial charge on any atom is -0.469 e. The minimum atomic E-state index is -3.30. The monoisotopic (exact) mass is 1120 g/mol. The van der Waals surface area contributed by atoms with Crippen LogP contribution in [0.1, 0.15) is 114 Å². The lowest BCUT2D eigenvalue weighted by molar-refractivity contribution is -0.148. The summed E-state index contributed by atoms with van der Waals surface area (Å²) >= 11 is 0. The second kappa shape index (κ2) is 25.6. The molecule has 5 aliphatic rings. The zero-order chi connectivity index (χ0) is 47.5. The number of pyridine rings is 1. The van der Waals surface area contributed by atoms with Crippen molar-refractivity contribution in [2.24, 2.45) is 28.7 Å². The first kappa shape index (κ1) is 63.2. The van der Waals surface area contributed by atoms with Gasteiger partial charge in [0.1, 0.15) is 6.04 Å². The van der Waals surface area contributed by atoms with Gasteiger partial charge in [-0.1, -0.05) is 70.9 Å². The van der Waals surface area contributed by atoms with Crippen molar-refractivity contribution in [1.29, 1.82) is 0 Å². The highest BCUT2D eigenvalue weighted by atomic mass is 32.1. The molecule has 73 heavy (non-hydrogen) atoms. The van der Waals surface area contributed by atoms with E-state index >= 15 is 8.78 Å². The lowest BCUT2D eigenvalue weighted by Crippen LogP contribution is -2.53. The number of aromatic amines is 1. The number of allylic oxidation sites excluding steroid dienone is 1. The number of aliphatic imine (C=N–C) groups is 1. The van der Waals surface area contributed by atoms with E-state index in [-0.39, 0.29) is 146 Å². The number of alkyl carbamates (subject to hydrolysis) is 1. The van der Waals surface area contributed by atoms with Gasteiger partial charge in [-0.05, 0) is 108 Å². The Hall–Kier alpha value is -4.08. The third-order valence-electron chi connectivity index (χ3n) is 15.1. The van der Waals surface area contributed by atoms with Gasteiger partial charge in [-0.2, -0.15) is 89.8 Å². The quantitative estimate of drug-likeness (QED) is 0.142. The Labute approximate surface area is 468 Å². The number of hydrogen-bond donors (Lipinski definition) is 2. The average molecular weight is 1120 g/mol. The molecule has 3 aliphatic heterocycles. The topological polar surface area (TPSA) is 150 Å². The molecular formula is C53H71F2N5O7S6. The van der Waals surface area contributed by atoms with Gasteiger partial charge in [0.15, 0.2) is 5.43 Å². The van der Waals surface area contributed by atoms with Gasteiger partial charge in [-0.3, -0.25) is 24.2 Å². The fourth-order valence-electron chi connectivity index (χ4n) is 11.4. The van der Waals surface area contributed by atoms with Gasteiger partial charge >= 0.3 is 12.1 Å². The maximum atomic E-state index is 16.7. The number of carbonyl (C=O) groups is 4. The van der Waals surface area contributed by atoms with Gasteiger partial charge in [0.2, 0.25) is 11.8 Å². The van der Waals surface area contributed by atoms with Crippen LogP contribution in [-0.4, -0.2) is 83.3 Å². The zero-order valence-corrected chi connectivity index (χ0v) is 48.0.